The lowest BCUT2D eigenvalue weighted by Crippen LogP contribution is -2.33. The van der Waals surface area contributed by atoms with Crippen molar-refractivity contribution < 1.29 is 31.2 Å². The minimum atomic E-state index is -5.52. The zero-order valence-corrected chi connectivity index (χ0v) is 17.4. The first kappa shape index (κ1) is 22.7. The highest BCUT2D eigenvalue weighted by Crippen LogP contribution is 2.32. The first-order valence-corrected chi connectivity index (χ1v) is 10.5. The van der Waals surface area contributed by atoms with E-state index in [1.807, 2.05) is 25.1 Å². The van der Waals surface area contributed by atoms with Gasteiger partial charge in [0.15, 0.2) is 0 Å². The van der Waals surface area contributed by atoms with Crippen molar-refractivity contribution in [2.45, 2.75) is 23.5 Å². The van der Waals surface area contributed by atoms with Crippen molar-refractivity contribution in [1.29, 1.82) is 0 Å². The zero-order valence-electron chi connectivity index (χ0n) is 16.6. The van der Waals surface area contributed by atoms with E-state index >= 15 is 0 Å². The molecule has 12 heteroatoms. The number of anilines is 1. The summed E-state index contributed by atoms with van der Waals surface area (Å²) >= 11 is 0. The molecule has 1 fully saturated rings. The van der Waals surface area contributed by atoms with Crippen LogP contribution in [0.15, 0.2) is 47.5 Å². The topological polar surface area (TPSA) is 90.9 Å². The monoisotopic (exact) mass is 456 g/mol. The highest BCUT2D eigenvalue weighted by Gasteiger charge is 2.47. The number of urea groups is 1. The molecule has 3 rings (SSSR count). The molecule has 2 aromatic rings. The summed E-state index contributed by atoms with van der Waals surface area (Å²) in [5.74, 6) is -0.570. The summed E-state index contributed by atoms with van der Waals surface area (Å²) in [6.45, 7) is 0.525. The van der Waals surface area contributed by atoms with Crippen LogP contribution in [-0.4, -0.2) is 61.3 Å². The second-order valence-corrected chi connectivity index (χ2v) is 9.15. The number of nitrogens with zero attached hydrogens (tertiary/aromatic N) is 4. The second-order valence-electron chi connectivity index (χ2n) is 7.20. The third-order valence-corrected chi connectivity index (χ3v) is 5.98. The molecule has 0 radical (unpaired) electrons. The van der Waals surface area contributed by atoms with Crippen molar-refractivity contribution in [1.82, 2.24) is 14.8 Å². The average molecular weight is 456 g/mol. The summed E-state index contributed by atoms with van der Waals surface area (Å²) in [7, 11) is -1.74. The second kappa shape index (κ2) is 8.27. The predicted octanol–water partition coefficient (Wildman–Crippen LogP) is 2.41. The molecule has 1 aromatic heterocycles. The summed E-state index contributed by atoms with van der Waals surface area (Å²) < 4.78 is 61.0. The number of rotatable bonds is 6. The molecular formula is C19H19F3N4O4S. The van der Waals surface area contributed by atoms with Gasteiger partial charge in [-0.25, -0.2) is 18.1 Å². The Morgan fingerprint density at radius 3 is 2.32 bits per heavy atom. The van der Waals surface area contributed by atoms with Gasteiger partial charge in [0.05, 0.1) is 16.3 Å². The first-order chi connectivity index (χ1) is 14.4. The van der Waals surface area contributed by atoms with Crippen LogP contribution in [0.1, 0.15) is 11.3 Å². The number of sulfone groups is 1. The maximum absolute atomic E-state index is 12.7. The number of hydrogen-bond acceptors (Lipinski definition) is 6. The van der Waals surface area contributed by atoms with Crippen molar-refractivity contribution in [2.24, 2.45) is 0 Å². The van der Waals surface area contributed by atoms with E-state index in [-0.39, 0.29) is 18.8 Å². The van der Waals surface area contributed by atoms with E-state index in [1.54, 1.807) is 12.3 Å². The fourth-order valence-corrected chi connectivity index (χ4v) is 3.85. The fourth-order valence-electron chi connectivity index (χ4n) is 3.09. The molecule has 0 saturated carbocycles. The molecule has 3 amide bonds. The quantitative estimate of drug-likeness (QED) is 0.620. The van der Waals surface area contributed by atoms with Gasteiger partial charge in [0.25, 0.3) is 15.7 Å². The maximum atomic E-state index is 12.7. The zero-order chi connectivity index (χ0) is 23.0. The third-order valence-electron chi connectivity index (χ3n) is 4.48. The minimum absolute atomic E-state index is 0.0124. The molecular weight excluding hydrogens is 437 g/mol. The molecule has 8 nitrogen and oxygen atoms in total. The Labute approximate surface area is 176 Å². The summed E-state index contributed by atoms with van der Waals surface area (Å²) in [4.78, 5) is 32.4. The molecule has 1 aromatic carbocycles. The Bertz CT molecular complexity index is 1100. The Morgan fingerprint density at radius 2 is 1.74 bits per heavy atom. The van der Waals surface area contributed by atoms with Gasteiger partial charge in [0.2, 0.25) is 0 Å². The molecule has 1 aliphatic rings. The van der Waals surface area contributed by atoms with Gasteiger partial charge in [-0.05, 0) is 56.1 Å². The van der Waals surface area contributed by atoms with Crippen LogP contribution in [0.5, 0.6) is 0 Å². The molecule has 0 aliphatic carbocycles. The van der Waals surface area contributed by atoms with E-state index in [1.165, 1.54) is 4.90 Å². The van der Waals surface area contributed by atoms with Crippen molar-refractivity contribution in [3.63, 3.8) is 0 Å². The lowest BCUT2D eigenvalue weighted by Gasteiger charge is -2.18. The number of aromatic nitrogens is 1. The smallest absolute Gasteiger partial charge is 0.310 e. The molecule has 0 bridgehead atoms. The summed E-state index contributed by atoms with van der Waals surface area (Å²) in [6, 6.07) is 6.32. The number of amides is 3. The molecule has 0 spiro atoms. The summed E-state index contributed by atoms with van der Waals surface area (Å²) in [6.07, 6.45) is 1.61. The van der Waals surface area contributed by atoms with Crippen LogP contribution in [0.25, 0.3) is 0 Å². The molecule has 2 heterocycles. The van der Waals surface area contributed by atoms with Gasteiger partial charge in [-0.15, -0.1) is 0 Å². The van der Waals surface area contributed by atoms with Gasteiger partial charge >= 0.3 is 11.5 Å². The fraction of sp³-hybridized carbons (Fsp3) is 0.316. The van der Waals surface area contributed by atoms with Crippen molar-refractivity contribution in [3.05, 3.63) is 53.9 Å². The van der Waals surface area contributed by atoms with Crippen molar-refractivity contribution >= 4 is 27.5 Å². The number of hydrogen-bond donors (Lipinski definition) is 0. The van der Waals surface area contributed by atoms with Crippen LogP contribution in [0.4, 0.5) is 23.7 Å². The number of carbonyl (C=O) groups excluding carboxylic acids is 2. The molecule has 1 saturated heterocycles. The lowest BCUT2D eigenvalue weighted by atomic mass is 10.2. The number of halogens is 3. The normalized spacial score (nSPS) is 15.3. The highest BCUT2D eigenvalue weighted by molar-refractivity contribution is 7.92. The Kier molecular flexibility index (Phi) is 6.05. The van der Waals surface area contributed by atoms with E-state index < -0.39 is 32.2 Å². The molecule has 0 N–H and O–H groups in total. The summed E-state index contributed by atoms with van der Waals surface area (Å²) in [5.41, 5.74) is -3.90. The number of alkyl halides is 3. The SMILES string of the molecule is CN(C)Cc1cc(CN2CC(=O)N(c3ccc(S(=O)(=O)C(F)(F)F)cc3)C2=O)ccn1. The van der Waals surface area contributed by atoms with Gasteiger partial charge in [-0.3, -0.25) is 9.78 Å². The Morgan fingerprint density at radius 1 is 1.10 bits per heavy atom. The van der Waals surface area contributed by atoms with Gasteiger partial charge in [0, 0.05) is 19.3 Å². The van der Waals surface area contributed by atoms with E-state index in [4.69, 9.17) is 0 Å². The van der Waals surface area contributed by atoms with Crippen LogP contribution in [-0.2, 0) is 27.7 Å². The van der Waals surface area contributed by atoms with E-state index in [0.717, 1.165) is 40.4 Å². The molecule has 1 aliphatic heterocycles. The van der Waals surface area contributed by atoms with Gasteiger partial charge < -0.3 is 9.80 Å². The van der Waals surface area contributed by atoms with Gasteiger partial charge in [-0.2, -0.15) is 13.2 Å². The highest BCUT2D eigenvalue weighted by atomic mass is 32.2. The lowest BCUT2D eigenvalue weighted by molar-refractivity contribution is -0.116. The Balaban J connectivity index is 1.78. The van der Waals surface area contributed by atoms with Gasteiger partial charge in [-0.1, -0.05) is 0 Å². The number of carbonyl (C=O) groups is 2. The maximum Gasteiger partial charge on any atom is 0.501 e. The third kappa shape index (κ3) is 4.69. The van der Waals surface area contributed by atoms with Crippen molar-refractivity contribution in [2.75, 3.05) is 25.5 Å². The van der Waals surface area contributed by atoms with Crippen LogP contribution >= 0.6 is 0 Å². The largest absolute Gasteiger partial charge is 0.501 e. The van der Waals surface area contributed by atoms with E-state index in [0.29, 0.717) is 6.54 Å². The molecule has 31 heavy (non-hydrogen) atoms. The van der Waals surface area contributed by atoms with Crippen LogP contribution < -0.4 is 4.90 Å². The predicted molar refractivity (Wildman–Crippen MR) is 105 cm³/mol. The Hall–Kier alpha value is -2.99. The van der Waals surface area contributed by atoms with Crippen molar-refractivity contribution in [3.8, 4) is 0 Å². The number of pyridine rings is 1. The van der Waals surface area contributed by atoms with Crippen LogP contribution in [0, 0.1) is 0 Å². The molecule has 166 valence electrons. The van der Waals surface area contributed by atoms with Crippen LogP contribution in [0.3, 0.4) is 0 Å². The molecule has 0 atom stereocenters. The number of benzene rings is 1. The first-order valence-electron chi connectivity index (χ1n) is 9.02. The summed E-state index contributed by atoms with van der Waals surface area (Å²) in [5, 5.41) is 0. The molecule has 0 unspecified atom stereocenters. The van der Waals surface area contributed by atoms with Gasteiger partial charge in [0.1, 0.15) is 6.54 Å². The van der Waals surface area contributed by atoms with E-state index in [2.05, 4.69) is 4.98 Å². The average Bonchev–Trinajstić information content (AvgIpc) is 2.94. The van der Waals surface area contributed by atoms with E-state index in [9.17, 15) is 31.2 Å². The standard InChI is InChI=1S/C19H19F3N4O4S/c1-24(2)11-14-9-13(7-8-23-14)10-25-12-17(27)26(18(25)28)15-3-5-16(6-4-15)31(29,30)19(20,21)22/h3-9H,10-12H2,1-2H3. The number of imide groups is 1. The minimum Gasteiger partial charge on any atom is -0.310 e. The van der Waals surface area contributed by atoms with Crippen LogP contribution in [0.2, 0.25) is 0 Å².